The Labute approximate surface area is 120 Å². The standard InChI is InChI=1S/C16H23NO3/c1-4-17(5-2)16(18)14-10-9-12-7-6-8-13(12)15(14)20-11-19-3/h9-10H,4-8,11H2,1-3H3. The topological polar surface area (TPSA) is 38.8 Å². The lowest BCUT2D eigenvalue weighted by Crippen LogP contribution is -2.31. The molecule has 0 unspecified atom stereocenters. The molecule has 0 fully saturated rings. The van der Waals surface area contributed by atoms with E-state index in [1.54, 1.807) is 7.11 Å². The van der Waals surface area contributed by atoms with E-state index in [0.717, 1.165) is 25.0 Å². The zero-order chi connectivity index (χ0) is 14.5. The Balaban J connectivity index is 2.39. The molecule has 0 saturated carbocycles. The molecule has 1 amide bonds. The lowest BCUT2D eigenvalue weighted by molar-refractivity contribution is 0.0485. The minimum absolute atomic E-state index is 0.0378. The normalized spacial score (nSPS) is 13.2. The Morgan fingerprint density at radius 2 is 2.00 bits per heavy atom. The minimum atomic E-state index is 0.0378. The SMILES string of the molecule is CCN(CC)C(=O)c1ccc2c(c1OCOC)CCC2. The van der Waals surface area contributed by atoms with Gasteiger partial charge in [-0.15, -0.1) is 0 Å². The lowest BCUT2D eigenvalue weighted by atomic mass is 10.0. The van der Waals surface area contributed by atoms with Crippen molar-refractivity contribution in [2.75, 3.05) is 27.0 Å². The molecule has 0 N–H and O–H groups in total. The summed E-state index contributed by atoms with van der Waals surface area (Å²) in [6.45, 7) is 5.57. The highest BCUT2D eigenvalue weighted by Crippen LogP contribution is 2.34. The highest BCUT2D eigenvalue weighted by atomic mass is 16.7. The van der Waals surface area contributed by atoms with Crippen molar-refractivity contribution in [2.45, 2.75) is 33.1 Å². The number of ether oxygens (including phenoxy) is 2. The molecule has 0 atom stereocenters. The number of methoxy groups -OCH3 is 1. The fourth-order valence-corrected chi connectivity index (χ4v) is 2.76. The van der Waals surface area contributed by atoms with Gasteiger partial charge in [0.1, 0.15) is 5.75 Å². The van der Waals surface area contributed by atoms with Crippen LogP contribution in [0.5, 0.6) is 5.75 Å². The molecule has 1 aliphatic carbocycles. The van der Waals surface area contributed by atoms with Crippen LogP contribution in [-0.2, 0) is 17.6 Å². The van der Waals surface area contributed by atoms with Crippen LogP contribution in [0.15, 0.2) is 12.1 Å². The number of carbonyl (C=O) groups excluding carboxylic acids is 1. The summed E-state index contributed by atoms with van der Waals surface area (Å²) >= 11 is 0. The Kier molecular flexibility index (Phi) is 5.01. The van der Waals surface area contributed by atoms with Crippen LogP contribution in [0.25, 0.3) is 0 Å². The maximum atomic E-state index is 12.6. The third kappa shape index (κ3) is 2.80. The third-order valence-electron chi connectivity index (χ3n) is 3.83. The molecule has 20 heavy (non-hydrogen) atoms. The fourth-order valence-electron chi connectivity index (χ4n) is 2.76. The molecular formula is C16H23NO3. The maximum Gasteiger partial charge on any atom is 0.257 e. The van der Waals surface area contributed by atoms with E-state index < -0.39 is 0 Å². The van der Waals surface area contributed by atoms with Crippen molar-refractivity contribution in [1.82, 2.24) is 4.90 Å². The van der Waals surface area contributed by atoms with Crippen LogP contribution in [0.4, 0.5) is 0 Å². The van der Waals surface area contributed by atoms with Gasteiger partial charge in [-0.05, 0) is 50.3 Å². The van der Waals surface area contributed by atoms with Gasteiger partial charge < -0.3 is 14.4 Å². The van der Waals surface area contributed by atoms with E-state index in [9.17, 15) is 4.79 Å². The van der Waals surface area contributed by atoms with Gasteiger partial charge in [-0.2, -0.15) is 0 Å². The van der Waals surface area contributed by atoms with Crippen molar-refractivity contribution in [3.63, 3.8) is 0 Å². The third-order valence-corrected chi connectivity index (χ3v) is 3.83. The van der Waals surface area contributed by atoms with Gasteiger partial charge in [-0.3, -0.25) is 4.79 Å². The molecule has 1 aromatic carbocycles. The molecule has 4 nitrogen and oxygen atoms in total. The van der Waals surface area contributed by atoms with Crippen LogP contribution in [0.2, 0.25) is 0 Å². The van der Waals surface area contributed by atoms with E-state index in [1.165, 1.54) is 11.1 Å². The maximum absolute atomic E-state index is 12.6. The van der Waals surface area contributed by atoms with Crippen molar-refractivity contribution in [3.05, 3.63) is 28.8 Å². The molecule has 0 heterocycles. The minimum Gasteiger partial charge on any atom is -0.466 e. The Bertz CT molecular complexity index is 481. The molecule has 1 aliphatic rings. The Morgan fingerprint density at radius 3 is 2.65 bits per heavy atom. The zero-order valence-electron chi connectivity index (χ0n) is 12.6. The molecule has 0 saturated heterocycles. The number of aryl methyl sites for hydroxylation is 1. The van der Waals surface area contributed by atoms with Crippen molar-refractivity contribution in [3.8, 4) is 5.75 Å². The summed E-state index contributed by atoms with van der Waals surface area (Å²) in [5.41, 5.74) is 3.14. The summed E-state index contributed by atoms with van der Waals surface area (Å²) in [5.74, 6) is 0.759. The van der Waals surface area contributed by atoms with Crippen molar-refractivity contribution >= 4 is 5.91 Å². The predicted molar refractivity (Wildman–Crippen MR) is 78.2 cm³/mol. The smallest absolute Gasteiger partial charge is 0.257 e. The first kappa shape index (κ1) is 14.9. The molecule has 1 aromatic rings. The van der Waals surface area contributed by atoms with Gasteiger partial charge in [0.2, 0.25) is 0 Å². The van der Waals surface area contributed by atoms with Gasteiger partial charge in [0, 0.05) is 20.2 Å². The van der Waals surface area contributed by atoms with E-state index in [-0.39, 0.29) is 12.7 Å². The van der Waals surface area contributed by atoms with Gasteiger partial charge in [0.15, 0.2) is 6.79 Å². The summed E-state index contributed by atoms with van der Waals surface area (Å²) in [6, 6.07) is 3.97. The second kappa shape index (κ2) is 6.75. The van der Waals surface area contributed by atoms with Crippen molar-refractivity contribution in [2.24, 2.45) is 0 Å². The van der Waals surface area contributed by atoms with Crippen molar-refractivity contribution < 1.29 is 14.3 Å². The van der Waals surface area contributed by atoms with E-state index in [0.29, 0.717) is 18.7 Å². The van der Waals surface area contributed by atoms with E-state index >= 15 is 0 Å². The van der Waals surface area contributed by atoms with Crippen LogP contribution < -0.4 is 4.74 Å². The summed E-state index contributed by atoms with van der Waals surface area (Å²) in [6.07, 6.45) is 3.17. The number of carbonyl (C=O) groups is 1. The molecule has 0 bridgehead atoms. The second-order valence-electron chi connectivity index (χ2n) is 4.96. The van der Waals surface area contributed by atoms with E-state index in [2.05, 4.69) is 6.07 Å². The van der Waals surface area contributed by atoms with Gasteiger partial charge >= 0.3 is 0 Å². The highest BCUT2D eigenvalue weighted by molar-refractivity contribution is 5.97. The summed E-state index contributed by atoms with van der Waals surface area (Å²) in [4.78, 5) is 14.4. The molecule has 0 radical (unpaired) electrons. The monoisotopic (exact) mass is 277 g/mol. The Morgan fingerprint density at radius 1 is 1.25 bits per heavy atom. The quantitative estimate of drug-likeness (QED) is 0.750. The van der Waals surface area contributed by atoms with E-state index in [1.807, 2.05) is 24.8 Å². The van der Waals surface area contributed by atoms with Crippen LogP contribution in [0.3, 0.4) is 0 Å². The molecule has 0 spiro atoms. The molecule has 2 rings (SSSR count). The Hall–Kier alpha value is -1.55. The molecule has 110 valence electrons. The van der Waals surface area contributed by atoms with Crippen molar-refractivity contribution in [1.29, 1.82) is 0 Å². The summed E-state index contributed by atoms with van der Waals surface area (Å²) in [7, 11) is 1.59. The molecule has 4 heteroatoms. The molecule has 0 aromatic heterocycles. The van der Waals surface area contributed by atoms with Gasteiger partial charge in [-0.1, -0.05) is 6.07 Å². The largest absolute Gasteiger partial charge is 0.466 e. The molecule has 0 aliphatic heterocycles. The number of amides is 1. The van der Waals surface area contributed by atoms with Crippen LogP contribution in [0.1, 0.15) is 41.8 Å². The summed E-state index contributed by atoms with van der Waals surface area (Å²) < 4.78 is 10.7. The summed E-state index contributed by atoms with van der Waals surface area (Å²) in [5, 5.41) is 0. The highest BCUT2D eigenvalue weighted by Gasteiger charge is 2.24. The van der Waals surface area contributed by atoms with Gasteiger partial charge in [0.25, 0.3) is 5.91 Å². The number of hydrogen-bond acceptors (Lipinski definition) is 3. The lowest BCUT2D eigenvalue weighted by Gasteiger charge is -2.21. The number of rotatable bonds is 6. The number of benzene rings is 1. The average Bonchev–Trinajstić information content (AvgIpc) is 2.94. The first-order valence-electron chi connectivity index (χ1n) is 7.28. The van der Waals surface area contributed by atoms with Gasteiger partial charge in [-0.25, -0.2) is 0 Å². The average molecular weight is 277 g/mol. The number of nitrogens with zero attached hydrogens (tertiary/aromatic N) is 1. The predicted octanol–water partition coefficient (Wildman–Crippen LogP) is 2.64. The van der Waals surface area contributed by atoms with Crippen LogP contribution in [0, 0.1) is 0 Å². The fraction of sp³-hybridized carbons (Fsp3) is 0.562. The number of hydrogen-bond donors (Lipinski definition) is 0. The zero-order valence-corrected chi connectivity index (χ0v) is 12.6. The molecular weight excluding hydrogens is 254 g/mol. The number of fused-ring (bicyclic) bond motifs is 1. The van der Waals surface area contributed by atoms with Crippen LogP contribution in [-0.4, -0.2) is 37.8 Å². The van der Waals surface area contributed by atoms with Crippen LogP contribution >= 0.6 is 0 Å². The first-order chi connectivity index (χ1) is 9.72. The van der Waals surface area contributed by atoms with E-state index in [4.69, 9.17) is 9.47 Å². The second-order valence-corrected chi connectivity index (χ2v) is 4.96. The first-order valence-corrected chi connectivity index (χ1v) is 7.28. The van der Waals surface area contributed by atoms with Gasteiger partial charge in [0.05, 0.1) is 5.56 Å².